The minimum absolute atomic E-state index is 0.0258. The minimum Gasteiger partial charge on any atom is -0.453 e. The monoisotopic (exact) mass is 321 g/mol. The van der Waals surface area contributed by atoms with Crippen LogP contribution < -0.4 is 5.32 Å². The molecule has 1 N–H and O–H groups in total. The Kier molecular flexibility index (Phi) is 6.16. The summed E-state index contributed by atoms with van der Waals surface area (Å²) >= 11 is 0. The number of esters is 1. The van der Waals surface area contributed by atoms with Crippen LogP contribution in [-0.4, -0.2) is 18.5 Å². The van der Waals surface area contributed by atoms with E-state index >= 15 is 0 Å². The van der Waals surface area contributed by atoms with Crippen molar-refractivity contribution in [2.75, 3.05) is 11.9 Å². The number of carbonyl (C=O) groups excluding carboxylic acids is 2. The fourth-order valence-electron chi connectivity index (χ4n) is 2.10. The van der Waals surface area contributed by atoms with Crippen molar-refractivity contribution in [2.24, 2.45) is 0 Å². The van der Waals surface area contributed by atoms with Gasteiger partial charge in [-0.3, -0.25) is 9.59 Å². The molecule has 4 nitrogen and oxygen atoms in total. The van der Waals surface area contributed by atoms with Crippen LogP contribution in [0.15, 0.2) is 54.6 Å². The Balaban J connectivity index is 2.09. The molecule has 0 saturated carbocycles. The minimum atomic E-state index is -0.373. The van der Waals surface area contributed by atoms with E-state index in [1.165, 1.54) is 6.92 Å². The predicted octanol–water partition coefficient (Wildman–Crippen LogP) is 3.34. The first-order valence-corrected chi connectivity index (χ1v) is 7.65. The molecule has 24 heavy (non-hydrogen) atoms. The second-order valence-corrected chi connectivity index (χ2v) is 5.25. The summed E-state index contributed by atoms with van der Waals surface area (Å²) in [6, 6.07) is 16.9. The normalized spacial score (nSPS) is 10.9. The molecule has 2 aromatic carbocycles. The highest BCUT2D eigenvalue weighted by Crippen LogP contribution is 2.19. The predicted molar refractivity (Wildman–Crippen MR) is 93.4 cm³/mol. The Bertz CT molecular complexity index is 772. The van der Waals surface area contributed by atoms with E-state index in [9.17, 15) is 9.59 Å². The number of nitrogens with one attached hydrogen (secondary N) is 1. The van der Waals surface area contributed by atoms with Gasteiger partial charge in [-0.2, -0.15) is 0 Å². The second-order valence-electron chi connectivity index (χ2n) is 5.25. The third-order valence-electron chi connectivity index (χ3n) is 3.45. The smallest absolute Gasteiger partial charge is 0.303 e. The van der Waals surface area contributed by atoms with Crippen LogP contribution in [0.4, 0.5) is 5.69 Å². The average Bonchev–Trinajstić information content (AvgIpc) is 2.60. The van der Waals surface area contributed by atoms with Crippen LogP contribution in [0.2, 0.25) is 0 Å². The summed E-state index contributed by atoms with van der Waals surface area (Å²) < 4.78 is 4.78. The molecular formula is C20H19NO3. The molecule has 1 amide bonds. The third-order valence-corrected chi connectivity index (χ3v) is 3.45. The van der Waals surface area contributed by atoms with Crippen molar-refractivity contribution in [3.63, 3.8) is 0 Å². The number of hydrogen-bond donors (Lipinski definition) is 1. The van der Waals surface area contributed by atoms with Crippen LogP contribution >= 0.6 is 0 Å². The van der Waals surface area contributed by atoms with Crippen molar-refractivity contribution in [1.82, 2.24) is 0 Å². The van der Waals surface area contributed by atoms with Crippen molar-refractivity contribution in [2.45, 2.75) is 19.8 Å². The Morgan fingerprint density at radius 2 is 1.75 bits per heavy atom. The highest BCUT2D eigenvalue weighted by atomic mass is 16.5. The molecule has 0 aromatic heterocycles. The van der Waals surface area contributed by atoms with Crippen LogP contribution in [0.5, 0.6) is 0 Å². The highest BCUT2D eigenvalue weighted by Gasteiger charge is 2.15. The van der Waals surface area contributed by atoms with Gasteiger partial charge in [-0.1, -0.05) is 54.3 Å². The van der Waals surface area contributed by atoms with E-state index in [2.05, 4.69) is 17.2 Å². The Morgan fingerprint density at radius 3 is 2.46 bits per heavy atom. The van der Waals surface area contributed by atoms with Crippen molar-refractivity contribution >= 4 is 17.6 Å². The van der Waals surface area contributed by atoms with Crippen molar-refractivity contribution < 1.29 is 14.3 Å². The summed E-state index contributed by atoms with van der Waals surface area (Å²) in [5, 5.41) is 2.91. The highest BCUT2D eigenvalue weighted by molar-refractivity contribution is 5.96. The van der Waals surface area contributed by atoms with E-state index in [4.69, 9.17) is 4.74 Å². The molecule has 122 valence electrons. The summed E-state index contributed by atoms with van der Waals surface area (Å²) in [4.78, 5) is 23.2. The molecule has 1 unspecified atom stereocenters. The van der Waals surface area contributed by atoms with Gasteiger partial charge < -0.3 is 10.1 Å². The molecule has 0 bridgehead atoms. The molecule has 0 radical (unpaired) electrons. The van der Waals surface area contributed by atoms with Crippen LogP contribution in [-0.2, 0) is 14.3 Å². The molecule has 0 heterocycles. The fraction of sp³-hybridized carbons (Fsp3) is 0.200. The SMILES string of the molecule is CC(=O)OCC#Cc1ccccc1NC(=O)C(C)c1ccccc1. The molecule has 0 aliphatic heterocycles. The quantitative estimate of drug-likeness (QED) is 0.694. The molecule has 2 aromatic rings. The lowest BCUT2D eigenvalue weighted by Gasteiger charge is -2.13. The Morgan fingerprint density at radius 1 is 1.08 bits per heavy atom. The van der Waals surface area contributed by atoms with E-state index in [1.807, 2.05) is 55.5 Å². The molecule has 0 aliphatic carbocycles. The van der Waals surface area contributed by atoms with Gasteiger partial charge in [0.15, 0.2) is 6.61 Å². The summed E-state index contributed by atoms with van der Waals surface area (Å²) in [7, 11) is 0. The van der Waals surface area contributed by atoms with Gasteiger partial charge in [0.1, 0.15) is 0 Å². The lowest BCUT2D eigenvalue weighted by Crippen LogP contribution is -2.19. The molecule has 0 aliphatic rings. The maximum absolute atomic E-state index is 12.5. The topological polar surface area (TPSA) is 55.4 Å². The Labute approximate surface area is 141 Å². The van der Waals surface area contributed by atoms with Crippen molar-refractivity contribution in [3.05, 3.63) is 65.7 Å². The van der Waals surface area contributed by atoms with Crippen LogP contribution in [0, 0.1) is 11.8 Å². The largest absolute Gasteiger partial charge is 0.453 e. The van der Waals surface area contributed by atoms with E-state index in [0.717, 1.165) is 5.56 Å². The van der Waals surface area contributed by atoms with Gasteiger partial charge in [-0.05, 0) is 24.6 Å². The van der Waals surface area contributed by atoms with E-state index < -0.39 is 0 Å². The summed E-state index contributed by atoms with van der Waals surface area (Å²) in [6.07, 6.45) is 0. The molecule has 0 spiro atoms. The van der Waals surface area contributed by atoms with E-state index in [0.29, 0.717) is 11.3 Å². The lowest BCUT2D eigenvalue weighted by atomic mass is 10.0. The van der Waals surface area contributed by atoms with Crippen molar-refractivity contribution in [1.29, 1.82) is 0 Å². The van der Waals surface area contributed by atoms with Gasteiger partial charge in [-0.25, -0.2) is 0 Å². The standard InChI is InChI=1S/C20H19NO3/c1-15(17-9-4-3-5-10-17)20(23)21-19-13-7-6-11-18(19)12-8-14-24-16(2)22/h3-7,9-11,13,15H,14H2,1-2H3,(H,21,23). The maximum Gasteiger partial charge on any atom is 0.303 e. The second kappa shape index (κ2) is 8.54. The van der Waals surface area contributed by atoms with Gasteiger partial charge in [0, 0.05) is 12.5 Å². The van der Waals surface area contributed by atoms with Crippen LogP contribution in [0.25, 0.3) is 0 Å². The third kappa shape index (κ3) is 4.99. The summed E-state index contributed by atoms with van der Waals surface area (Å²) in [5.41, 5.74) is 2.27. The molecule has 0 saturated heterocycles. The number of ether oxygens (including phenoxy) is 1. The number of rotatable bonds is 4. The molecular weight excluding hydrogens is 302 g/mol. The first-order chi connectivity index (χ1) is 11.6. The van der Waals surface area contributed by atoms with Crippen LogP contribution in [0.1, 0.15) is 30.9 Å². The molecule has 2 rings (SSSR count). The van der Waals surface area contributed by atoms with Gasteiger partial charge in [0.05, 0.1) is 11.6 Å². The first-order valence-electron chi connectivity index (χ1n) is 7.65. The molecule has 0 fully saturated rings. The fourth-order valence-corrected chi connectivity index (χ4v) is 2.10. The number of para-hydroxylation sites is 1. The number of anilines is 1. The van der Waals surface area contributed by atoms with E-state index in [-0.39, 0.29) is 24.4 Å². The zero-order valence-electron chi connectivity index (χ0n) is 13.7. The van der Waals surface area contributed by atoms with E-state index in [1.54, 1.807) is 6.07 Å². The van der Waals surface area contributed by atoms with Gasteiger partial charge in [0.2, 0.25) is 5.91 Å². The average molecular weight is 321 g/mol. The molecule has 4 heteroatoms. The Hall–Kier alpha value is -3.06. The summed E-state index contributed by atoms with van der Waals surface area (Å²) in [6.45, 7) is 3.22. The zero-order chi connectivity index (χ0) is 17.4. The van der Waals surface area contributed by atoms with Gasteiger partial charge >= 0.3 is 5.97 Å². The first kappa shape index (κ1) is 17.3. The van der Waals surface area contributed by atoms with Crippen LogP contribution in [0.3, 0.4) is 0 Å². The zero-order valence-corrected chi connectivity index (χ0v) is 13.7. The summed E-state index contributed by atoms with van der Waals surface area (Å²) in [5.74, 6) is 4.93. The van der Waals surface area contributed by atoms with Gasteiger partial charge in [0.25, 0.3) is 0 Å². The maximum atomic E-state index is 12.5. The lowest BCUT2D eigenvalue weighted by molar-refractivity contribution is -0.139. The number of amides is 1. The van der Waals surface area contributed by atoms with Crippen molar-refractivity contribution in [3.8, 4) is 11.8 Å². The number of hydrogen-bond acceptors (Lipinski definition) is 3. The molecule has 1 atom stereocenters. The van der Waals surface area contributed by atoms with Gasteiger partial charge in [-0.15, -0.1) is 0 Å². The number of carbonyl (C=O) groups is 2. The number of benzene rings is 2.